The molecule has 0 unspecified atom stereocenters. The summed E-state index contributed by atoms with van der Waals surface area (Å²) < 4.78 is 5.27. The number of aryl methyl sites for hydroxylation is 1. The molecule has 0 aliphatic rings. The van der Waals surface area contributed by atoms with Gasteiger partial charge in [-0.25, -0.2) is 4.79 Å². The third-order valence-electron chi connectivity index (χ3n) is 3.23. The molecule has 0 saturated carbocycles. The minimum Gasteiger partial charge on any atom is -0.419 e. The molecule has 0 N–H and O–H groups in total. The van der Waals surface area contributed by atoms with E-state index >= 15 is 0 Å². The Labute approximate surface area is 124 Å². The Hall–Kier alpha value is -2.42. The predicted octanol–water partition coefficient (Wildman–Crippen LogP) is 3.70. The number of benzene rings is 1. The van der Waals surface area contributed by atoms with Crippen LogP contribution in [-0.4, -0.2) is 5.97 Å². The fourth-order valence-electron chi connectivity index (χ4n) is 1.89. The van der Waals surface area contributed by atoms with E-state index in [0.29, 0.717) is 5.56 Å². The maximum Gasteiger partial charge on any atom is 0.343 e. The van der Waals surface area contributed by atoms with Crippen molar-refractivity contribution in [2.24, 2.45) is 0 Å². The van der Waals surface area contributed by atoms with Gasteiger partial charge in [-0.1, -0.05) is 43.7 Å². The van der Waals surface area contributed by atoms with Crippen molar-refractivity contribution in [3.05, 3.63) is 75.4 Å². The number of carbonyl (C=O) groups is 1. The van der Waals surface area contributed by atoms with Crippen LogP contribution in [0.3, 0.4) is 0 Å². The number of hydrogen-bond acceptors (Lipinski definition) is 3. The fraction of sp³-hybridized carbons (Fsp3) is 0.222. The summed E-state index contributed by atoms with van der Waals surface area (Å²) in [5.41, 5.74) is 2.13. The molecule has 2 aromatic rings. The smallest absolute Gasteiger partial charge is 0.343 e. The van der Waals surface area contributed by atoms with Crippen molar-refractivity contribution < 1.29 is 9.53 Å². The molecule has 0 bridgehead atoms. The monoisotopic (exact) mass is 282 g/mol. The SMILES string of the molecule is Cc1ccc(C(=O)Oc2cc(C(C)C)cccc2=O)cc1. The number of rotatable bonds is 3. The van der Waals surface area contributed by atoms with Crippen LogP contribution < -0.4 is 10.2 Å². The Morgan fingerprint density at radius 2 is 1.71 bits per heavy atom. The van der Waals surface area contributed by atoms with Gasteiger partial charge in [0.2, 0.25) is 5.43 Å². The number of hydrogen-bond donors (Lipinski definition) is 0. The summed E-state index contributed by atoms with van der Waals surface area (Å²) in [4.78, 5) is 24.0. The molecule has 3 heteroatoms. The highest BCUT2D eigenvalue weighted by Gasteiger charge is 2.11. The summed E-state index contributed by atoms with van der Waals surface area (Å²) in [6, 6.07) is 13.6. The molecule has 108 valence electrons. The first-order valence-electron chi connectivity index (χ1n) is 6.90. The van der Waals surface area contributed by atoms with Crippen molar-refractivity contribution in [3.8, 4) is 5.75 Å². The second kappa shape index (κ2) is 6.35. The van der Waals surface area contributed by atoms with E-state index in [1.807, 2.05) is 39.0 Å². The van der Waals surface area contributed by atoms with E-state index in [-0.39, 0.29) is 17.1 Å². The Balaban J connectivity index is 2.33. The van der Waals surface area contributed by atoms with Crippen molar-refractivity contribution in [1.29, 1.82) is 0 Å². The molecular formula is C18H18O3. The van der Waals surface area contributed by atoms with E-state index in [0.717, 1.165) is 11.1 Å². The third kappa shape index (κ3) is 3.78. The molecule has 2 aromatic carbocycles. The van der Waals surface area contributed by atoms with Crippen LogP contribution in [0.4, 0.5) is 0 Å². The van der Waals surface area contributed by atoms with Crippen molar-refractivity contribution >= 4 is 5.97 Å². The molecule has 0 spiro atoms. The van der Waals surface area contributed by atoms with Crippen LogP contribution in [0.25, 0.3) is 0 Å². The standard InChI is InChI=1S/C18H18O3/c1-12(2)15-5-4-6-16(19)17(11-15)21-18(20)14-9-7-13(3)8-10-14/h4-12H,1-3H3. The number of carbonyl (C=O) groups excluding carboxylic acids is 1. The van der Waals surface area contributed by atoms with E-state index in [9.17, 15) is 9.59 Å². The quantitative estimate of drug-likeness (QED) is 0.806. The van der Waals surface area contributed by atoms with Gasteiger partial charge in [-0.2, -0.15) is 0 Å². The van der Waals surface area contributed by atoms with Gasteiger partial charge in [-0.15, -0.1) is 0 Å². The van der Waals surface area contributed by atoms with Gasteiger partial charge in [0.1, 0.15) is 0 Å². The van der Waals surface area contributed by atoms with Crippen LogP contribution in [0, 0.1) is 6.92 Å². The fourth-order valence-corrected chi connectivity index (χ4v) is 1.89. The molecule has 0 heterocycles. The molecule has 0 aliphatic carbocycles. The van der Waals surface area contributed by atoms with Gasteiger partial charge in [-0.3, -0.25) is 4.79 Å². The van der Waals surface area contributed by atoms with E-state index in [4.69, 9.17) is 4.74 Å². The molecule has 3 nitrogen and oxygen atoms in total. The van der Waals surface area contributed by atoms with Crippen molar-refractivity contribution in [1.82, 2.24) is 0 Å². The zero-order valence-electron chi connectivity index (χ0n) is 12.4. The Kier molecular flexibility index (Phi) is 4.53. The highest BCUT2D eigenvalue weighted by atomic mass is 16.5. The summed E-state index contributed by atoms with van der Waals surface area (Å²) in [6.07, 6.45) is 0. The van der Waals surface area contributed by atoms with Gasteiger partial charge in [0.05, 0.1) is 5.56 Å². The summed E-state index contributed by atoms with van der Waals surface area (Å²) in [7, 11) is 0. The summed E-state index contributed by atoms with van der Waals surface area (Å²) in [5.74, 6) is -0.212. The molecule has 0 atom stereocenters. The lowest BCUT2D eigenvalue weighted by atomic mass is 10.1. The average Bonchev–Trinajstić information content (AvgIpc) is 2.62. The van der Waals surface area contributed by atoms with Crippen LogP contribution in [0.2, 0.25) is 0 Å². The van der Waals surface area contributed by atoms with Crippen LogP contribution in [0.15, 0.2) is 53.3 Å². The highest BCUT2D eigenvalue weighted by Crippen LogP contribution is 2.17. The third-order valence-corrected chi connectivity index (χ3v) is 3.23. The average molecular weight is 282 g/mol. The van der Waals surface area contributed by atoms with Crippen molar-refractivity contribution in [3.63, 3.8) is 0 Å². The minimum absolute atomic E-state index is 0.0641. The summed E-state index contributed by atoms with van der Waals surface area (Å²) >= 11 is 0. The summed E-state index contributed by atoms with van der Waals surface area (Å²) in [6.45, 7) is 5.98. The lowest BCUT2D eigenvalue weighted by Crippen LogP contribution is -2.13. The normalized spacial score (nSPS) is 10.5. The highest BCUT2D eigenvalue weighted by molar-refractivity contribution is 5.91. The molecular weight excluding hydrogens is 264 g/mol. The molecule has 0 saturated heterocycles. The largest absolute Gasteiger partial charge is 0.419 e. The van der Waals surface area contributed by atoms with E-state index in [1.54, 1.807) is 24.3 Å². The maximum absolute atomic E-state index is 12.1. The van der Waals surface area contributed by atoms with Crippen LogP contribution >= 0.6 is 0 Å². The first-order valence-corrected chi connectivity index (χ1v) is 6.90. The minimum atomic E-state index is -0.520. The molecule has 21 heavy (non-hydrogen) atoms. The summed E-state index contributed by atoms with van der Waals surface area (Å²) in [5, 5.41) is 0. The van der Waals surface area contributed by atoms with Gasteiger partial charge < -0.3 is 4.74 Å². The molecule has 0 fully saturated rings. The topological polar surface area (TPSA) is 43.4 Å². The van der Waals surface area contributed by atoms with Crippen molar-refractivity contribution in [2.45, 2.75) is 26.7 Å². The molecule has 0 radical (unpaired) electrons. The van der Waals surface area contributed by atoms with E-state index in [1.165, 1.54) is 6.07 Å². The molecule has 0 aliphatic heterocycles. The first kappa shape index (κ1) is 15.0. The van der Waals surface area contributed by atoms with Gasteiger partial charge >= 0.3 is 5.97 Å². The van der Waals surface area contributed by atoms with Crippen LogP contribution in [0.1, 0.15) is 41.3 Å². The van der Waals surface area contributed by atoms with E-state index < -0.39 is 5.97 Å². The van der Waals surface area contributed by atoms with E-state index in [2.05, 4.69) is 0 Å². The first-order chi connectivity index (χ1) is 9.97. The Bertz CT molecular complexity index is 700. The predicted molar refractivity (Wildman–Crippen MR) is 82.9 cm³/mol. The van der Waals surface area contributed by atoms with Gasteiger partial charge in [0.15, 0.2) is 5.75 Å². The molecule has 0 aromatic heterocycles. The van der Waals surface area contributed by atoms with Crippen LogP contribution in [0.5, 0.6) is 5.75 Å². The Morgan fingerprint density at radius 1 is 1.05 bits per heavy atom. The molecule has 0 amide bonds. The maximum atomic E-state index is 12.1. The zero-order chi connectivity index (χ0) is 15.4. The van der Waals surface area contributed by atoms with Gasteiger partial charge in [0, 0.05) is 0 Å². The zero-order valence-corrected chi connectivity index (χ0v) is 12.4. The van der Waals surface area contributed by atoms with Gasteiger partial charge in [-0.05, 0) is 42.7 Å². The van der Waals surface area contributed by atoms with Gasteiger partial charge in [0.25, 0.3) is 0 Å². The number of ether oxygens (including phenoxy) is 1. The molecule has 2 rings (SSSR count). The van der Waals surface area contributed by atoms with Crippen LogP contribution in [-0.2, 0) is 0 Å². The number of esters is 1. The Morgan fingerprint density at radius 3 is 2.33 bits per heavy atom. The van der Waals surface area contributed by atoms with Crippen molar-refractivity contribution in [2.75, 3.05) is 0 Å². The lowest BCUT2D eigenvalue weighted by Gasteiger charge is -2.05. The second-order valence-electron chi connectivity index (χ2n) is 5.31. The lowest BCUT2D eigenvalue weighted by molar-refractivity contribution is 0.0733. The second-order valence-corrected chi connectivity index (χ2v) is 5.31.